The lowest BCUT2D eigenvalue weighted by Gasteiger charge is -2.33. The van der Waals surface area contributed by atoms with Crippen molar-refractivity contribution >= 4 is 54.2 Å². The molecule has 2 saturated heterocycles. The molecule has 1 amide bonds. The number of piperidine rings is 1. The van der Waals surface area contributed by atoms with Gasteiger partial charge in [0.15, 0.2) is 5.13 Å². The highest BCUT2D eigenvalue weighted by Gasteiger charge is 2.35. The van der Waals surface area contributed by atoms with Crippen molar-refractivity contribution < 1.29 is 22.7 Å². The number of anilines is 1. The Morgan fingerprint density at radius 2 is 1.85 bits per heavy atom. The van der Waals surface area contributed by atoms with Crippen molar-refractivity contribution in [3.05, 3.63) is 47.5 Å². The van der Waals surface area contributed by atoms with Crippen LogP contribution in [-0.2, 0) is 19.6 Å². The molecule has 2 aliphatic rings. The second kappa shape index (κ2) is 12.5. The summed E-state index contributed by atoms with van der Waals surface area (Å²) in [6.45, 7) is 5.28. The number of carbonyl (C=O) groups excluding carboxylic acids is 1. The number of hydrogen-bond acceptors (Lipinski definition) is 8. The van der Waals surface area contributed by atoms with Crippen LogP contribution in [0.4, 0.5) is 5.13 Å². The molecule has 2 aromatic carbocycles. The number of thiazole rings is 1. The largest absolute Gasteiger partial charge is 0.497 e. The summed E-state index contributed by atoms with van der Waals surface area (Å²) in [4.78, 5) is 23.0. The van der Waals surface area contributed by atoms with Gasteiger partial charge in [-0.25, -0.2) is 13.4 Å². The number of hydrogen-bond donors (Lipinski definition) is 0. The first kappa shape index (κ1) is 28.3. The summed E-state index contributed by atoms with van der Waals surface area (Å²) in [7, 11) is -2.10. The van der Waals surface area contributed by atoms with Gasteiger partial charge in [-0.2, -0.15) is 4.31 Å². The molecule has 0 aliphatic carbocycles. The quantitative estimate of drug-likeness (QED) is 0.369. The van der Waals surface area contributed by atoms with E-state index in [0.717, 1.165) is 49.5 Å². The van der Waals surface area contributed by atoms with Crippen LogP contribution in [0, 0.1) is 5.92 Å². The fourth-order valence-electron chi connectivity index (χ4n) is 5.04. The molecule has 12 heteroatoms. The van der Waals surface area contributed by atoms with Gasteiger partial charge in [0.05, 0.1) is 35.4 Å². The molecule has 0 unspecified atom stereocenters. The van der Waals surface area contributed by atoms with Crippen LogP contribution in [0.25, 0.3) is 10.2 Å². The van der Waals surface area contributed by atoms with Gasteiger partial charge in [-0.1, -0.05) is 22.9 Å². The number of amides is 1. The molecule has 0 atom stereocenters. The van der Waals surface area contributed by atoms with Crippen molar-refractivity contribution in [2.24, 2.45) is 5.92 Å². The highest BCUT2D eigenvalue weighted by molar-refractivity contribution is 7.89. The monoisotopic (exact) mass is 592 g/mol. The second-order valence-electron chi connectivity index (χ2n) is 9.76. The minimum absolute atomic E-state index is 0.00336. The van der Waals surface area contributed by atoms with Crippen molar-refractivity contribution in [2.45, 2.75) is 24.2 Å². The minimum atomic E-state index is -3.64. The molecule has 2 aliphatic heterocycles. The number of rotatable bonds is 9. The molecule has 0 saturated carbocycles. The molecule has 2 fully saturated rings. The van der Waals surface area contributed by atoms with Gasteiger partial charge >= 0.3 is 0 Å². The van der Waals surface area contributed by atoms with E-state index in [9.17, 15) is 13.2 Å². The minimum Gasteiger partial charge on any atom is -0.497 e. The number of methoxy groups -OCH3 is 1. The Hall–Kier alpha value is -2.28. The van der Waals surface area contributed by atoms with Crippen LogP contribution >= 0.6 is 22.9 Å². The Labute approximate surface area is 238 Å². The highest BCUT2D eigenvalue weighted by Crippen LogP contribution is 2.33. The van der Waals surface area contributed by atoms with E-state index in [4.69, 9.17) is 26.1 Å². The van der Waals surface area contributed by atoms with Crippen LogP contribution < -0.4 is 9.64 Å². The fraction of sp³-hybridized carbons (Fsp3) is 0.481. The molecule has 0 spiro atoms. The molecule has 0 radical (unpaired) electrons. The average molecular weight is 593 g/mol. The van der Waals surface area contributed by atoms with Crippen LogP contribution in [-0.4, -0.2) is 88.1 Å². The number of aromatic nitrogens is 1. The number of carbonyl (C=O) groups is 1. The summed E-state index contributed by atoms with van der Waals surface area (Å²) in [5, 5.41) is 1.29. The zero-order valence-corrected chi connectivity index (χ0v) is 24.3. The van der Waals surface area contributed by atoms with Crippen molar-refractivity contribution in [3.8, 4) is 5.75 Å². The number of sulfonamides is 1. The first-order chi connectivity index (χ1) is 18.8. The summed E-state index contributed by atoms with van der Waals surface area (Å²) in [6.07, 6.45) is 1.74. The summed E-state index contributed by atoms with van der Waals surface area (Å²) in [6, 6.07) is 11.9. The maximum Gasteiger partial charge on any atom is 0.243 e. The van der Waals surface area contributed by atoms with E-state index in [1.165, 1.54) is 15.6 Å². The van der Waals surface area contributed by atoms with Gasteiger partial charge in [0.2, 0.25) is 15.9 Å². The molecule has 3 aromatic rings. The lowest BCUT2D eigenvalue weighted by atomic mass is 9.96. The van der Waals surface area contributed by atoms with Crippen molar-refractivity contribution in [2.75, 3.05) is 64.5 Å². The predicted molar refractivity (Wildman–Crippen MR) is 153 cm³/mol. The molecule has 0 bridgehead atoms. The Kier molecular flexibility index (Phi) is 9.05. The van der Waals surface area contributed by atoms with E-state index in [-0.39, 0.29) is 16.7 Å². The van der Waals surface area contributed by atoms with Gasteiger partial charge in [0.25, 0.3) is 0 Å². The zero-order valence-electron chi connectivity index (χ0n) is 21.9. The number of fused-ring (bicyclic) bond motifs is 1. The maximum absolute atomic E-state index is 13.9. The third kappa shape index (κ3) is 6.55. The fourth-order valence-corrected chi connectivity index (χ4v) is 7.78. The third-order valence-electron chi connectivity index (χ3n) is 7.30. The SMILES string of the molecule is COc1ccc(S(=O)(=O)N2CCC(C(=O)N(CCCN3CCOCC3)c3nc4ccc(Cl)cc4s3)CC2)cc1. The van der Waals surface area contributed by atoms with Gasteiger partial charge in [-0.05, 0) is 61.7 Å². The van der Waals surface area contributed by atoms with E-state index >= 15 is 0 Å². The molecule has 9 nitrogen and oxygen atoms in total. The lowest BCUT2D eigenvalue weighted by Crippen LogP contribution is -2.45. The van der Waals surface area contributed by atoms with E-state index in [0.29, 0.717) is 48.4 Å². The van der Waals surface area contributed by atoms with Crippen LogP contribution in [0.15, 0.2) is 47.4 Å². The third-order valence-corrected chi connectivity index (χ3v) is 10.5. The molecule has 3 heterocycles. The lowest BCUT2D eigenvalue weighted by molar-refractivity contribution is -0.123. The van der Waals surface area contributed by atoms with Crippen LogP contribution in [0.1, 0.15) is 19.3 Å². The first-order valence-electron chi connectivity index (χ1n) is 13.2. The summed E-state index contributed by atoms with van der Waals surface area (Å²) in [5.74, 6) is 0.332. The smallest absolute Gasteiger partial charge is 0.243 e. The van der Waals surface area contributed by atoms with Crippen LogP contribution in [0.5, 0.6) is 5.75 Å². The van der Waals surface area contributed by atoms with E-state index in [1.807, 2.05) is 12.1 Å². The number of nitrogens with zero attached hydrogens (tertiary/aromatic N) is 4. The van der Waals surface area contributed by atoms with Gasteiger partial charge in [0.1, 0.15) is 5.75 Å². The molecular formula is C27H33ClN4O5S2. The van der Waals surface area contributed by atoms with Crippen molar-refractivity contribution in [1.29, 1.82) is 0 Å². The Bertz CT molecular complexity index is 1380. The molecular weight excluding hydrogens is 560 g/mol. The first-order valence-corrected chi connectivity index (χ1v) is 15.8. The molecule has 210 valence electrons. The normalized spacial score (nSPS) is 17.9. The molecule has 39 heavy (non-hydrogen) atoms. The Morgan fingerprint density at radius 3 is 2.54 bits per heavy atom. The van der Waals surface area contributed by atoms with Gasteiger partial charge in [-0.15, -0.1) is 0 Å². The summed E-state index contributed by atoms with van der Waals surface area (Å²) >= 11 is 7.66. The summed E-state index contributed by atoms with van der Waals surface area (Å²) < 4.78 is 39.4. The number of halogens is 1. The zero-order chi connectivity index (χ0) is 27.4. The predicted octanol–water partition coefficient (Wildman–Crippen LogP) is 4.11. The Morgan fingerprint density at radius 1 is 1.13 bits per heavy atom. The molecule has 1 aromatic heterocycles. The van der Waals surface area contributed by atoms with Gasteiger partial charge < -0.3 is 9.47 Å². The number of benzene rings is 2. The maximum atomic E-state index is 13.9. The van der Waals surface area contributed by atoms with Gasteiger partial charge in [0, 0.05) is 50.2 Å². The molecule has 5 rings (SSSR count). The van der Waals surface area contributed by atoms with E-state index in [2.05, 4.69) is 4.90 Å². The van der Waals surface area contributed by atoms with E-state index in [1.54, 1.807) is 42.3 Å². The Balaban J connectivity index is 1.28. The number of ether oxygens (including phenoxy) is 2. The highest BCUT2D eigenvalue weighted by atomic mass is 35.5. The summed E-state index contributed by atoms with van der Waals surface area (Å²) in [5.41, 5.74) is 0.811. The van der Waals surface area contributed by atoms with Crippen LogP contribution in [0.3, 0.4) is 0 Å². The second-order valence-corrected chi connectivity index (χ2v) is 13.1. The van der Waals surface area contributed by atoms with Crippen molar-refractivity contribution in [1.82, 2.24) is 14.2 Å². The average Bonchev–Trinajstić information content (AvgIpc) is 3.38. The van der Waals surface area contributed by atoms with Crippen LogP contribution in [0.2, 0.25) is 5.02 Å². The van der Waals surface area contributed by atoms with Crippen molar-refractivity contribution in [3.63, 3.8) is 0 Å². The molecule has 0 N–H and O–H groups in total. The van der Waals surface area contributed by atoms with Gasteiger partial charge in [-0.3, -0.25) is 14.6 Å². The number of morpholine rings is 1. The standard InChI is InChI=1S/C27H33ClN4O5S2/c1-36-22-4-6-23(7-5-22)39(34,35)31-13-9-20(10-14-31)26(33)32(12-2-11-30-15-17-37-18-16-30)27-29-24-8-3-21(28)19-25(24)38-27/h3-8,19-20H,2,9-18H2,1H3. The topological polar surface area (TPSA) is 92.3 Å². The van der Waals surface area contributed by atoms with E-state index < -0.39 is 10.0 Å².